The van der Waals surface area contributed by atoms with Gasteiger partial charge in [-0.25, -0.2) is 13.8 Å². The number of halogens is 4. The van der Waals surface area contributed by atoms with E-state index in [4.69, 9.17) is 0 Å². The second kappa shape index (κ2) is 6.03. The van der Waals surface area contributed by atoms with E-state index in [-0.39, 0.29) is 15.7 Å². The van der Waals surface area contributed by atoms with Gasteiger partial charge < -0.3 is 4.74 Å². The van der Waals surface area contributed by atoms with Gasteiger partial charge in [0.05, 0.1) is 19.1 Å². The molecule has 0 aliphatic carbocycles. The third-order valence-electron chi connectivity index (χ3n) is 1.86. The summed E-state index contributed by atoms with van der Waals surface area (Å²) >= 11 is 3.55. The van der Waals surface area contributed by atoms with E-state index in [1.54, 1.807) is 45.2 Å². The van der Waals surface area contributed by atoms with E-state index in [0.29, 0.717) is 9.13 Å². The van der Waals surface area contributed by atoms with E-state index < -0.39 is 12.4 Å². The summed E-state index contributed by atoms with van der Waals surface area (Å²) in [7, 11) is 1.25. The molecule has 3 nitrogen and oxygen atoms in total. The van der Waals surface area contributed by atoms with E-state index in [9.17, 15) is 13.6 Å². The van der Waals surface area contributed by atoms with Crippen LogP contribution in [0.2, 0.25) is 0 Å². The van der Waals surface area contributed by atoms with E-state index in [1.807, 2.05) is 0 Å². The van der Waals surface area contributed by atoms with Crippen molar-refractivity contribution in [1.82, 2.24) is 4.98 Å². The number of methoxy groups -OCH3 is 1. The summed E-state index contributed by atoms with van der Waals surface area (Å²) in [5.74, 6) is -0.471. The van der Waals surface area contributed by atoms with Crippen molar-refractivity contribution in [3.63, 3.8) is 0 Å². The highest BCUT2D eigenvalue weighted by Gasteiger charge is 2.20. The second-order valence-corrected chi connectivity index (χ2v) is 4.96. The highest BCUT2D eigenvalue weighted by atomic mass is 127. The monoisotopic (exact) mass is 453 g/mol. The molecule has 0 saturated carbocycles. The Morgan fingerprint density at radius 1 is 1.56 bits per heavy atom. The van der Waals surface area contributed by atoms with Crippen LogP contribution in [0.3, 0.4) is 0 Å². The molecule has 0 unspecified atom stereocenters. The molecule has 16 heavy (non-hydrogen) atoms. The van der Waals surface area contributed by atoms with Crippen LogP contribution < -0.4 is 0 Å². The van der Waals surface area contributed by atoms with Gasteiger partial charge in [0.25, 0.3) is 6.43 Å². The largest absolute Gasteiger partial charge is 0.469 e. The van der Waals surface area contributed by atoms with Crippen molar-refractivity contribution in [3.05, 3.63) is 24.6 Å². The first-order valence-corrected chi connectivity index (χ1v) is 6.30. The average Bonchev–Trinajstić information content (AvgIpc) is 2.21. The first-order valence-electron chi connectivity index (χ1n) is 4.15. The van der Waals surface area contributed by atoms with Crippen LogP contribution in [0.1, 0.15) is 17.6 Å². The maximum Gasteiger partial charge on any atom is 0.310 e. The zero-order chi connectivity index (χ0) is 12.3. The summed E-state index contributed by atoms with van der Waals surface area (Å²) in [5.41, 5.74) is 0.339. The predicted molar refractivity (Wildman–Crippen MR) is 70.3 cm³/mol. The number of carbonyl (C=O) groups excluding carboxylic acids is 1. The molecule has 0 aliphatic heterocycles. The zero-order valence-corrected chi connectivity index (χ0v) is 12.5. The number of ether oxygens (including phenoxy) is 1. The van der Waals surface area contributed by atoms with Gasteiger partial charge >= 0.3 is 5.97 Å². The fourth-order valence-electron chi connectivity index (χ4n) is 1.06. The molecule has 1 aromatic rings. The smallest absolute Gasteiger partial charge is 0.310 e. The molecule has 0 fully saturated rings. The lowest BCUT2D eigenvalue weighted by atomic mass is 10.1. The number of nitrogens with zero attached hydrogens (tertiary/aromatic N) is 1. The molecule has 1 rings (SSSR count). The summed E-state index contributed by atoms with van der Waals surface area (Å²) < 4.78 is 30.6. The van der Waals surface area contributed by atoms with Crippen LogP contribution in [0.4, 0.5) is 8.78 Å². The Bertz CT molecular complexity index is 413. The summed E-state index contributed by atoms with van der Waals surface area (Å²) in [6.07, 6.45) is -1.21. The Hall–Kier alpha value is -0.0600. The number of hydrogen-bond acceptors (Lipinski definition) is 3. The first-order chi connectivity index (χ1) is 7.47. The maximum absolute atomic E-state index is 12.7. The van der Waals surface area contributed by atoms with Crippen molar-refractivity contribution in [1.29, 1.82) is 0 Å². The number of carbonyl (C=O) groups is 1. The summed E-state index contributed by atoms with van der Waals surface area (Å²) in [5, 5.41) is 0. The van der Waals surface area contributed by atoms with Crippen LogP contribution in [-0.4, -0.2) is 18.1 Å². The fourth-order valence-corrected chi connectivity index (χ4v) is 3.04. The van der Waals surface area contributed by atoms with Crippen molar-refractivity contribution in [3.8, 4) is 0 Å². The number of rotatable bonds is 3. The molecule has 88 valence electrons. The van der Waals surface area contributed by atoms with Crippen molar-refractivity contribution in [2.24, 2.45) is 0 Å². The molecule has 0 amide bonds. The first kappa shape index (κ1) is 14.0. The van der Waals surface area contributed by atoms with Crippen molar-refractivity contribution in [2.75, 3.05) is 7.11 Å². The van der Waals surface area contributed by atoms with E-state index in [2.05, 4.69) is 9.72 Å². The average molecular weight is 453 g/mol. The SMILES string of the molecule is COC(=O)Cc1cnc(I)c(C(F)F)c1I. The Labute approximate surface area is 118 Å². The van der Waals surface area contributed by atoms with Crippen molar-refractivity contribution < 1.29 is 18.3 Å². The molecule has 1 aromatic heterocycles. The number of pyridine rings is 1. The molecule has 7 heteroatoms. The van der Waals surface area contributed by atoms with E-state index >= 15 is 0 Å². The Morgan fingerprint density at radius 2 is 2.19 bits per heavy atom. The molecular weight excluding hydrogens is 446 g/mol. The number of hydrogen-bond donors (Lipinski definition) is 0. The molecule has 0 N–H and O–H groups in total. The van der Waals surface area contributed by atoms with E-state index in [0.717, 1.165) is 0 Å². The van der Waals surface area contributed by atoms with Gasteiger partial charge in [-0.05, 0) is 50.7 Å². The van der Waals surface area contributed by atoms with Crippen LogP contribution >= 0.6 is 45.2 Å². The van der Waals surface area contributed by atoms with Gasteiger partial charge in [0.2, 0.25) is 0 Å². The molecule has 0 aliphatic rings. The van der Waals surface area contributed by atoms with Gasteiger partial charge in [0, 0.05) is 9.77 Å². The van der Waals surface area contributed by atoms with E-state index in [1.165, 1.54) is 13.3 Å². The van der Waals surface area contributed by atoms with Crippen LogP contribution in [0, 0.1) is 7.27 Å². The predicted octanol–water partition coefficient (Wildman–Crippen LogP) is 2.94. The summed E-state index contributed by atoms with van der Waals surface area (Å²) in [4.78, 5) is 14.9. The lowest BCUT2D eigenvalue weighted by molar-refractivity contribution is -0.139. The number of aromatic nitrogens is 1. The molecular formula is C9H7F2I2NO2. The highest BCUT2D eigenvalue weighted by Crippen LogP contribution is 2.30. The Balaban J connectivity index is 3.13. The van der Waals surface area contributed by atoms with Gasteiger partial charge in [-0.15, -0.1) is 0 Å². The van der Waals surface area contributed by atoms with Gasteiger partial charge in [0.15, 0.2) is 0 Å². The lowest BCUT2D eigenvalue weighted by Gasteiger charge is -2.09. The van der Waals surface area contributed by atoms with Crippen molar-refractivity contribution >= 4 is 51.2 Å². The molecule has 0 aromatic carbocycles. The van der Waals surface area contributed by atoms with Gasteiger partial charge in [-0.1, -0.05) is 0 Å². The molecule has 0 atom stereocenters. The van der Waals surface area contributed by atoms with Crippen molar-refractivity contribution in [2.45, 2.75) is 12.8 Å². The molecule has 0 radical (unpaired) electrons. The minimum absolute atomic E-state index is 0.0432. The zero-order valence-electron chi connectivity index (χ0n) is 8.14. The molecule has 0 saturated heterocycles. The van der Waals surface area contributed by atoms with Crippen LogP contribution in [0.25, 0.3) is 0 Å². The Morgan fingerprint density at radius 3 is 2.69 bits per heavy atom. The lowest BCUT2D eigenvalue weighted by Crippen LogP contribution is -2.09. The third kappa shape index (κ3) is 3.22. The standard InChI is InChI=1S/C9H7F2I2NO2/c1-16-5(15)2-4-3-14-9(13)6(7(4)12)8(10)11/h3,8H,2H2,1H3. The van der Waals surface area contributed by atoms with Gasteiger partial charge in [0.1, 0.15) is 3.70 Å². The Kier molecular flexibility index (Phi) is 5.28. The minimum Gasteiger partial charge on any atom is -0.469 e. The van der Waals surface area contributed by atoms with Gasteiger partial charge in [-0.3, -0.25) is 4.79 Å². The molecule has 0 spiro atoms. The third-order valence-corrected chi connectivity index (χ3v) is 3.99. The van der Waals surface area contributed by atoms with Crippen LogP contribution in [0.15, 0.2) is 6.20 Å². The summed E-state index contributed by atoms with van der Waals surface area (Å²) in [6.45, 7) is 0. The topological polar surface area (TPSA) is 39.2 Å². The molecule has 1 heterocycles. The fraction of sp³-hybridized carbons (Fsp3) is 0.333. The minimum atomic E-state index is -2.59. The molecule has 0 bridgehead atoms. The maximum atomic E-state index is 12.7. The van der Waals surface area contributed by atoms with Crippen LogP contribution in [-0.2, 0) is 16.0 Å². The highest BCUT2D eigenvalue weighted by molar-refractivity contribution is 14.1. The quantitative estimate of drug-likeness (QED) is 0.402. The normalized spacial score (nSPS) is 10.6. The number of esters is 1. The second-order valence-electron chi connectivity index (χ2n) is 2.86. The van der Waals surface area contributed by atoms with Crippen LogP contribution in [0.5, 0.6) is 0 Å². The summed E-state index contributed by atoms with van der Waals surface area (Å²) in [6, 6.07) is 0. The van der Waals surface area contributed by atoms with Gasteiger partial charge in [-0.2, -0.15) is 0 Å². The number of alkyl halides is 2.